The Labute approximate surface area is 49.8 Å². The monoisotopic (exact) mass is 116 g/mol. The minimum absolute atomic E-state index is 0.206. The van der Waals surface area contributed by atoms with Gasteiger partial charge in [0, 0.05) is 13.0 Å². The second-order valence-corrected chi connectivity index (χ2v) is 1.42. The lowest BCUT2D eigenvalue weighted by molar-refractivity contribution is 0.199. The summed E-state index contributed by atoms with van der Waals surface area (Å²) < 4.78 is 4.88. The van der Waals surface area contributed by atoms with Crippen molar-refractivity contribution < 1.29 is 9.84 Å². The number of hydrogen-bond acceptors (Lipinski definition) is 2. The summed E-state index contributed by atoms with van der Waals surface area (Å²) in [6, 6.07) is 0. The second-order valence-electron chi connectivity index (χ2n) is 1.42. The standard InChI is InChI=1S/C6H12O2/c1-2-5-8-6-3-4-7/h2,5,7H,3-4,6H2,1H3/b5-2-. The average molecular weight is 116 g/mol. The van der Waals surface area contributed by atoms with E-state index >= 15 is 0 Å². The van der Waals surface area contributed by atoms with Gasteiger partial charge < -0.3 is 9.84 Å². The first-order chi connectivity index (χ1) is 3.91. The summed E-state index contributed by atoms with van der Waals surface area (Å²) in [6.45, 7) is 2.71. The molecule has 0 amide bonds. The van der Waals surface area contributed by atoms with Gasteiger partial charge in [0.1, 0.15) is 0 Å². The lowest BCUT2D eigenvalue weighted by Crippen LogP contribution is -1.90. The molecule has 0 rings (SSSR count). The van der Waals surface area contributed by atoms with Gasteiger partial charge in [0.25, 0.3) is 0 Å². The molecule has 0 heterocycles. The Morgan fingerprint density at radius 1 is 1.62 bits per heavy atom. The Morgan fingerprint density at radius 2 is 2.38 bits per heavy atom. The van der Waals surface area contributed by atoms with Crippen LogP contribution in [-0.4, -0.2) is 18.3 Å². The predicted octanol–water partition coefficient (Wildman–Crippen LogP) is 0.919. The van der Waals surface area contributed by atoms with Gasteiger partial charge in [-0.05, 0) is 6.92 Å². The number of aliphatic hydroxyl groups excluding tert-OH is 1. The molecule has 0 saturated carbocycles. The Morgan fingerprint density at radius 3 is 2.88 bits per heavy atom. The van der Waals surface area contributed by atoms with Crippen molar-refractivity contribution >= 4 is 0 Å². The van der Waals surface area contributed by atoms with Crippen LogP contribution in [0.2, 0.25) is 0 Å². The summed E-state index contributed by atoms with van der Waals surface area (Å²) in [4.78, 5) is 0. The molecule has 1 N–H and O–H groups in total. The molecular formula is C6H12O2. The highest BCUT2D eigenvalue weighted by atomic mass is 16.5. The molecule has 8 heavy (non-hydrogen) atoms. The molecule has 0 radical (unpaired) electrons. The van der Waals surface area contributed by atoms with E-state index in [1.165, 1.54) is 0 Å². The maximum absolute atomic E-state index is 8.26. The van der Waals surface area contributed by atoms with Gasteiger partial charge in [0.05, 0.1) is 12.9 Å². The van der Waals surface area contributed by atoms with Gasteiger partial charge in [0.2, 0.25) is 0 Å². The average Bonchev–Trinajstić information content (AvgIpc) is 1.81. The summed E-state index contributed by atoms with van der Waals surface area (Å²) >= 11 is 0. The summed E-state index contributed by atoms with van der Waals surface area (Å²) in [5.41, 5.74) is 0. The molecule has 0 aliphatic carbocycles. The Balaban J connectivity index is 2.72. The van der Waals surface area contributed by atoms with E-state index < -0.39 is 0 Å². The van der Waals surface area contributed by atoms with Crippen LogP contribution < -0.4 is 0 Å². The molecule has 2 heteroatoms. The van der Waals surface area contributed by atoms with Crippen molar-refractivity contribution in [2.45, 2.75) is 13.3 Å². The molecule has 2 nitrogen and oxygen atoms in total. The van der Waals surface area contributed by atoms with Gasteiger partial charge in [-0.3, -0.25) is 0 Å². The Hall–Kier alpha value is -0.500. The zero-order chi connectivity index (χ0) is 6.24. The third-order valence-corrected chi connectivity index (χ3v) is 0.653. The molecule has 0 aromatic rings. The Kier molecular flexibility index (Phi) is 6.09. The van der Waals surface area contributed by atoms with E-state index in [0.29, 0.717) is 13.0 Å². The number of hydrogen-bond donors (Lipinski definition) is 1. The van der Waals surface area contributed by atoms with Crippen molar-refractivity contribution in [2.75, 3.05) is 13.2 Å². The van der Waals surface area contributed by atoms with Crippen molar-refractivity contribution in [3.8, 4) is 0 Å². The van der Waals surface area contributed by atoms with E-state index in [1.807, 2.05) is 13.0 Å². The third-order valence-electron chi connectivity index (χ3n) is 0.653. The fourth-order valence-corrected chi connectivity index (χ4v) is 0.312. The number of allylic oxidation sites excluding steroid dienone is 1. The summed E-state index contributed by atoms with van der Waals surface area (Å²) in [5, 5.41) is 8.26. The molecule has 0 unspecified atom stereocenters. The van der Waals surface area contributed by atoms with E-state index in [9.17, 15) is 0 Å². The predicted molar refractivity (Wildman–Crippen MR) is 32.5 cm³/mol. The zero-order valence-corrected chi connectivity index (χ0v) is 5.13. The molecule has 0 aromatic heterocycles. The number of rotatable bonds is 4. The van der Waals surface area contributed by atoms with Crippen LogP contribution in [0.1, 0.15) is 13.3 Å². The quantitative estimate of drug-likeness (QED) is 0.437. The van der Waals surface area contributed by atoms with Crippen molar-refractivity contribution in [1.29, 1.82) is 0 Å². The van der Waals surface area contributed by atoms with Crippen molar-refractivity contribution in [1.82, 2.24) is 0 Å². The van der Waals surface area contributed by atoms with Gasteiger partial charge >= 0.3 is 0 Å². The minimum atomic E-state index is 0.206. The number of ether oxygens (including phenoxy) is 1. The SMILES string of the molecule is C/C=C\OCCCO. The van der Waals surface area contributed by atoms with E-state index in [1.54, 1.807) is 6.26 Å². The van der Waals surface area contributed by atoms with Crippen LogP contribution in [0.3, 0.4) is 0 Å². The van der Waals surface area contributed by atoms with E-state index in [4.69, 9.17) is 9.84 Å². The first-order valence-corrected chi connectivity index (χ1v) is 2.75. The largest absolute Gasteiger partial charge is 0.501 e. The van der Waals surface area contributed by atoms with Crippen molar-refractivity contribution in [3.05, 3.63) is 12.3 Å². The van der Waals surface area contributed by atoms with Gasteiger partial charge in [-0.2, -0.15) is 0 Å². The molecule has 0 fully saturated rings. The molecule has 48 valence electrons. The number of aliphatic hydroxyl groups is 1. The van der Waals surface area contributed by atoms with Crippen LogP contribution in [0.4, 0.5) is 0 Å². The third kappa shape index (κ3) is 5.50. The molecule has 0 aliphatic rings. The lowest BCUT2D eigenvalue weighted by Gasteiger charge is -1.94. The molecular weight excluding hydrogens is 104 g/mol. The molecule has 0 aliphatic heterocycles. The molecule has 0 atom stereocenters. The van der Waals surface area contributed by atoms with E-state index in [0.717, 1.165) is 0 Å². The summed E-state index contributed by atoms with van der Waals surface area (Å²) in [6.07, 6.45) is 4.15. The second kappa shape index (κ2) is 6.50. The zero-order valence-electron chi connectivity index (χ0n) is 5.13. The minimum Gasteiger partial charge on any atom is -0.501 e. The first-order valence-electron chi connectivity index (χ1n) is 2.75. The summed E-state index contributed by atoms with van der Waals surface area (Å²) in [7, 11) is 0. The van der Waals surface area contributed by atoms with E-state index in [-0.39, 0.29) is 6.61 Å². The fraction of sp³-hybridized carbons (Fsp3) is 0.667. The van der Waals surface area contributed by atoms with Crippen molar-refractivity contribution in [3.63, 3.8) is 0 Å². The van der Waals surface area contributed by atoms with Gasteiger partial charge in [0.15, 0.2) is 0 Å². The van der Waals surface area contributed by atoms with Gasteiger partial charge in [-0.15, -0.1) is 0 Å². The van der Waals surface area contributed by atoms with Gasteiger partial charge in [-0.25, -0.2) is 0 Å². The van der Waals surface area contributed by atoms with Crippen LogP contribution in [0.5, 0.6) is 0 Å². The highest BCUT2D eigenvalue weighted by Gasteiger charge is 1.78. The molecule has 0 spiro atoms. The Bertz CT molecular complexity index is 59.5. The van der Waals surface area contributed by atoms with Crippen LogP contribution in [-0.2, 0) is 4.74 Å². The molecule has 0 bridgehead atoms. The molecule has 0 aromatic carbocycles. The van der Waals surface area contributed by atoms with Crippen LogP contribution in [0.15, 0.2) is 12.3 Å². The summed E-state index contributed by atoms with van der Waals surface area (Å²) in [5.74, 6) is 0. The van der Waals surface area contributed by atoms with Crippen LogP contribution in [0.25, 0.3) is 0 Å². The fourth-order valence-electron chi connectivity index (χ4n) is 0.312. The molecule has 0 saturated heterocycles. The maximum Gasteiger partial charge on any atom is 0.0895 e. The maximum atomic E-state index is 8.26. The van der Waals surface area contributed by atoms with Gasteiger partial charge in [-0.1, -0.05) is 6.08 Å². The lowest BCUT2D eigenvalue weighted by atomic mass is 10.5. The van der Waals surface area contributed by atoms with E-state index in [2.05, 4.69) is 0 Å². The first kappa shape index (κ1) is 7.50. The highest BCUT2D eigenvalue weighted by molar-refractivity contribution is 4.64. The van der Waals surface area contributed by atoms with Crippen molar-refractivity contribution in [2.24, 2.45) is 0 Å². The smallest absolute Gasteiger partial charge is 0.0895 e. The normalized spacial score (nSPS) is 10.2. The highest BCUT2D eigenvalue weighted by Crippen LogP contribution is 1.80. The van der Waals surface area contributed by atoms with Crippen LogP contribution >= 0.6 is 0 Å². The topological polar surface area (TPSA) is 29.5 Å². The van der Waals surface area contributed by atoms with Crippen LogP contribution in [0, 0.1) is 0 Å².